The Morgan fingerprint density at radius 2 is 1.72 bits per heavy atom. The molecule has 1 N–H and O–H groups in total. The summed E-state index contributed by atoms with van der Waals surface area (Å²) >= 11 is 18.1. The van der Waals surface area contributed by atoms with Gasteiger partial charge in [-0.05, 0) is 12.4 Å². The Kier molecular flexibility index (Phi) is 3.48. The summed E-state index contributed by atoms with van der Waals surface area (Å²) in [5.74, 6) is 0. The standard InChI is InChI=1S/C11H11NP2S4/c1-12-13(15)9-6-2-4-8-5-3-7-10(11(8)9)14(16,17)18-13/h2-7H,1H3,(H,12,15)(H,16,17). The SMILES string of the molecule is CNP1(=S)SP(=S)(S)c2cccc3cccc1c23. The van der Waals surface area contributed by atoms with Gasteiger partial charge in [0.1, 0.15) is 0 Å². The summed E-state index contributed by atoms with van der Waals surface area (Å²) in [6.07, 6.45) is 0. The molecule has 7 heteroatoms. The molecule has 18 heavy (non-hydrogen) atoms. The zero-order chi connectivity index (χ0) is 13.0. The quantitative estimate of drug-likeness (QED) is 0.603. The fraction of sp³-hybridized carbons (Fsp3) is 0.0909. The first-order valence-corrected chi connectivity index (χ1v) is 14.1. The van der Waals surface area contributed by atoms with E-state index in [0.717, 1.165) is 0 Å². The second-order valence-electron chi connectivity index (χ2n) is 4.03. The topological polar surface area (TPSA) is 12.0 Å². The average Bonchev–Trinajstić information content (AvgIpc) is 2.35. The number of hydrogen-bond acceptors (Lipinski definition) is 3. The molecule has 2 unspecified atom stereocenters. The Hall–Kier alpha value is 0.660. The van der Waals surface area contributed by atoms with Crippen LogP contribution in [0.2, 0.25) is 0 Å². The lowest BCUT2D eigenvalue weighted by Gasteiger charge is -2.33. The van der Waals surface area contributed by atoms with Gasteiger partial charge in [-0.3, -0.25) is 5.09 Å². The van der Waals surface area contributed by atoms with Gasteiger partial charge in [0.05, 0.1) is 9.83 Å². The molecule has 1 aliphatic rings. The van der Waals surface area contributed by atoms with Gasteiger partial charge in [-0.25, -0.2) is 0 Å². The molecule has 0 aliphatic carbocycles. The van der Waals surface area contributed by atoms with Crippen molar-refractivity contribution in [1.82, 2.24) is 5.09 Å². The van der Waals surface area contributed by atoms with Gasteiger partial charge in [0.25, 0.3) is 0 Å². The molecule has 0 radical (unpaired) electrons. The molecular formula is C11H11NP2S4. The monoisotopic (exact) mass is 347 g/mol. The highest BCUT2D eigenvalue weighted by Crippen LogP contribution is 2.79. The summed E-state index contributed by atoms with van der Waals surface area (Å²) in [5, 5.41) is 6.39. The third kappa shape index (κ3) is 1.96. The molecular weight excluding hydrogens is 336 g/mol. The molecule has 1 nitrogen and oxygen atoms in total. The largest absolute Gasteiger partial charge is 0.280 e. The van der Waals surface area contributed by atoms with E-state index in [1.807, 2.05) is 7.05 Å². The minimum atomic E-state index is -1.91. The fourth-order valence-corrected chi connectivity index (χ4v) is 24.7. The Labute approximate surface area is 126 Å². The van der Waals surface area contributed by atoms with Crippen LogP contribution in [0.3, 0.4) is 0 Å². The van der Waals surface area contributed by atoms with Crippen LogP contribution in [0.5, 0.6) is 0 Å². The molecule has 0 spiro atoms. The van der Waals surface area contributed by atoms with E-state index in [-0.39, 0.29) is 0 Å². The Morgan fingerprint density at radius 1 is 1.11 bits per heavy atom. The van der Waals surface area contributed by atoms with Crippen molar-refractivity contribution in [2.45, 2.75) is 0 Å². The van der Waals surface area contributed by atoms with E-state index >= 15 is 0 Å². The lowest BCUT2D eigenvalue weighted by Crippen LogP contribution is -2.22. The highest BCUT2D eigenvalue weighted by Gasteiger charge is 2.35. The molecule has 1 heterocycles. The zero-order valence-corrected chi connectivity index (χ0v) is 14.7. The number of thiol groups is 1. The van der Waals surface area contributed by atoms with Crippen LogP contribution in [0.25, 0.3) is 10.8 Å². The maximum Gasteiger partial charge on any atom is 0.0988 e. The highest BCUT2D eigenvalue weighted by molar-refractivity contribution is 9.15. The summed E-state index contributed by atoms with van der Waals surface area (Å²) < 4.78 is -1.91. The van der Waals surface area contributed by atoms with Gasteiger partial charge in [0, 0.05) is 16.0 Å². The molecule has 2 aromatic carbocycles. The van der Waals surface area contributed by atoms with Crippen LogP contribution in [0.1, 0.15) is 0 Å². The van der Waals surface area contributed by atoms with Crippen molar-refractivity contribution >= 4 is 78.1 Å². The molecule has 1 aliphatic heterocycles. The third-order valence-electron chi connectivity index (χ3n) is 3.00. The fourth-order valence-electron chi connectivity index (χ4n) is 2.19. The average molecular weight is 347 g/mol. The lowest BCUT2D eigenvalue weighted by molar-refractivity contribution is 1.29. The second kappa shape index (κ2) is 4.60. The minimum Gasteiger partial charge on any atom is -0.280 e. The molecule has 94 valence electrons. The highest BCUT2D eigenvalue weighted by atomic mass is 33.4. The predicted octanol–water partition coefficient (Wildman–Crippen LogP) is 3.61. The molecule has 2 aromatic rings. The van der Waals surface area contributed by atoms with Crippen molar-refractivity contribution in [2.24, 2.45) is 0 Å². The van der Waals surface area contributed by atoms with Crippen LogP contribution in [0.15, 0.2) is 36.4 Å². The molecule has 0 aromatic heterocycles. The summed E-state index contributed by atoms with van der Waals surface area (Å²) in [6.45, 7) is 0. The Balaban J connectivity index is 2.55. The first kappa shape index (κ1) is 13.6. The first-order valence-electron chi connectivity index (χ1n) is 5.34. The van der Waals surface area contributed by atoms with Crippen LogP contribution in [-0.2, 0) is 23.6 Å². The molecule has 3 rings (SSSR count). The van der Waals surface area contributed by atoms with Crippen molar-refractivity contribution in [1.29, 1.82) is 0 Å². The smallest absolute Gasteiger partial charge is 0.0988 e. The molecule has 0 saturated heterocycles. The van der Waals surface area contributed by atoms with E-state index < -0.39 is 9.83 Å². The van der Waals surface area contributed by atoms with E-state index in [9.17, 15) is 0 Å². The second-order valence-corrected chi connectivity index (χ2v) is 21.1. The van der Waals surface area contributed by atoms with E-state index in [4.69, 9.17) is 35.9 Å². The number of rotatable bonds is 1. The summed E-state index contributed by atoms with van der Waals surface area (Å²) in [4.78, 5) is 0. The van der Waals surface area contributed by atoms with E-state index in [2.05, 4.69) is 41.5 Å². The normalized spacial score (nSPS) is 30.6. The summed E-state index contributed by atoms with van der Waals surface area (Å²) in [5.41, 5.74) is 0. The van der Waals surface area contributed by atoms with E-state index in [1.54, 1.807) is 11.0 Å². The predicted molar refractivity (Wildman–Crippen MR) is 97.4 cm³/mol. The number of hydrogen-bond donors (Lipinski definition) is 2. The minimum absolute atomic E-state index is 1.20. The maximum absolute atomic E-state index is 5.87. The van der Waals surface area contributed by atoms with Crippen LogP contribution in [0, 0.1) is 0 Å². The van der Waals surface area contributed by atoms with Crippen molar-refractivity contribution in [3.05, 3.63) is 36.4 Å². The van der Waals surface area contributed by atoms with E-state index in [0.29, 0.717) is 0 Å². The summed E-state index contributed by atoms with van der Waals surface area (Å²) in [6, 6.07) is 12.6. The molecule has 0 fully saturated rings. The van der Waals surface area contributed by atoms with Gasteiger partial charge in [0.15, 0.2) is 0 Å². The molecule has 0 bridgehead atoms. The molecule has 0 amide bonds. The van der Waals surface area contributed by atoms with Gasteiger partial charge >= 0.3 is 0 Å². The van der Waals surface area contributed by atoms with Crippen LogP contribution < -0.4 is 15.7 Å². The van der Waals surface area contributed by atoms with Gasteiger partial charge < -0.3 is 0 Å². The van der Waals surface area contributed by atoms with Gasteiger partial charge in [-0.2, -0.15) is 0 Å². The Morgan fingerprint density at radius 3 is 2.33 bits per heavy atom. The lowest BCUT2D eigenvalue weighted by atomic mass is 10.1. The van der Waals surface area contributed by atoms with Crippen molar-refractivity contribution in [2.75, 3.05) is 7.05 Å². The van der Waals surface area contributed by atoms with Crippen LogP contribution >= 0.6 is 33.1 Å². The third-order valence-corrected chi connectivity index (χ3v) is 21.1. The van der Waals surface area contributed by atoms with Gasteiger partial charge in [-0.1, -0.05) is 71.0 Å². The van der Waals surface area contributed by atoms with Gasteiger partial charge in [-0.15, -0.1) is 12.2 Å². The van der Waals surface area contributed by atoms with Crippen molar-refractivity contribution in [3.8, 4) is 0 Å². The Bertz CT molecular complexity index is 738. The van der Waals surface area contributed by atoms with Crippen molar-refractivity contribution < 1.29 is 0 Å². The zero-order valence-electron chi connectivity index (χ0n) is 9.53. The van der Waals surface area contributed by atoms with Crippen molar-refractivity contribution in [3.63, 3.8) is 0 Å². The number of benzene rings is 2. The number of nitrogens with one attached hydrogen (secondary N) is 1. The van der Waals surface area contributed by atoms with E-state index in [1.165, 1.54) is 21.4 Å². The maximum atomic E-state index is 5.87. The molecule has 2 atom stereocenters. The van der Waals surface area contributed by atoms with Gasteiger partial charge in [0.2, 0.25) is 0 Å². The van der Waals surface area contributed by atoms with Crippen LogP contribution in [0.4, 0.5) is 0 Å². The van der Waals surface area contributed by atoms with Crippen LogP contribution in [-0.4, -0.2) is 7.05 Å². The summed E-state index contributed by atoms with van der Waals surface area (Å²) in [7, 11) is 1.93. The first-order chi connectivity index (χ1) is 8.48. The molecule has 0 saturated carbocycles.